The van der Waals surface area contributed by atoms with Crippen LogP contribution in [0.3, 0.4) is 0 Å². The number of nitrogens with zero attached hydrogens (tertiary/aromatic N) is 9. The average molecular weight is 1160 g/mol. The Labute approximate surface area is 468 Å². The molecule has 0 unspecified atom stereocenters. The third-order valence-electron chi connectivity index (χ3n) is 10.9. The van der Waals surface area contributed by atoms with Crippen LogP contribution < -0.4 is 14.2 Å². The molecule has 27 heteroatoms. The van der Waals surface area contributed by atoms with E-state index in [0.29, 0.717) is 16.7 Å². The van der Waals surface area contributed by atoms with E-state index in [1.54, 1.807) is 72.8 Å². The van der Waals surface area contributed by atoms with Crippen LogP contribution in [0.25, 0.3) is 68.6 Å². The lowest BCUT2D eigenvalue weighted by atomic mass is 10.2. The number of ether oxygens (including phenoxy) is 6. The molecular weight excluding hydrogens is 1120 g/mol. The summed E-state index contributed by atoms with van der Waals surface area (Å²) in [5.74, 6) is -6.36. The molecule has 0 aliphatic rings. The van der Waals surface area contributed by atoms with Gasteiger partial charge in [0.15, 0.2) is 33.5 Å². The molecule has 81 heavy (non-hydrogen) atoms. The predicted octanol–water partition coefficient (Wildman–Crippen LogP) is 11.8. The summed E-state index contributed by atoms with van der Waals surface area (Å²) in [6.45, 7) is -0.335. The van der Waals surface area contributed by atoms with E-state index in [1.807, 2.05) is 18.2 Å². The first-order valence-electron chi connectivity index (χ1n) is 23.5. The summed E-state index contributed by atoms with van der Waals surface area (Å²) >= 11 is 19.6. The summed E-state index contributed by atoms with van der Waals surface area (Å²) in [7, 11) is 3.46. The molecule has 0 fully saturated rings. The molecule has 4 heterocycles. The molecule has 10 aromatic rings. The minimum Gasteiger partial charge on any atom is -0.482 e. The van der Waals surface area contributed by atoms with Gasteiger partial charge in [-0.2, -0.15) is 29.9 Å². The minimum atomic E-state index is -0.866. The van der Waals surface area contributed by atoms with Gasteiger partial charge in [0.05, 0.1) is 38.0 Å². The number of benzene rings is 6. The smallest absolute Gasteiger partial charge is 0.338 e. The second kappa shape index (κ2) is 24.7. The lowest BCUT2D eigenvalue weighted by molar-refractivity contribution is 0.0592. The Hall–Kier alpha value is -10.2. The molecule has 0 atom stereocenters. The number of carbonyl (C=O) groups excluding carboxylic acids is 3. The number of carbonyl (C=O) groups is 3. The van der Waals surface area contributed by atoms with Crippen molar-refractivity contribution in [1.29, 1.82) is 0 Å². The Kier molecular flexibility index (Phi) is 16.5. The van der Waals surface area contributed by atoms with Gasteiger partial charge in [0.25, 0.3) is 0 Å². The fraction of sp³-hybridized carbons (Fsp3) is 0.111. The van der Waals surface area contributed by atoms with Crippen LogP contribution in [-0.2, 0) is 34.0 Å². The van der Waals surface area contributed by atoms with Crippen molar-refractivity contribution in [1.82, 2.24) is 44.9 Å². The molecule has 10 rings (SSSR count). The Morgan fingerprint density at radius 2 is 0.556 bits per heavy atom. The number of esters is 3. The van der Waals surface area contributed by atoms with Gasteiger partial charge in [-0.25, -0.2) is 14.4 Å². The van der Waals surface area contributed by atoms with Crippen LogP contribution in [0.5, 0.6) is 17.2 Å². The fourth-order valence-electron chi connectivity index (χ4n) is 7.32. The standard InChI is InChI=1S/C54H36Cl3N9O15/c1-70-43(67)31-19-34-40(73-25-28-13-7-4-8-14-28)35(20-31)77-50-59-47(56)61-52(65-50)79-37-22-33(45(69)72-3)24-39(42(37)75-27-30-17-11-6-12-18-30)81-54-63-48(57)62-53(66-54)80-38-23-32(44(68)71-2)21-36(41(38)74-26-29-15-9-5-10-16-29)78-51-60-46(55)58-49(64-51)76-34/h4-24H,25-27H2,1-3H3. The van der Waals surface area contributed by atoms with Gasteiger partial charge in [-0.15, -0.1) is 15.0 Å². The SMILES string of the molecule is COC(=O)c1cc2oc3nc(Cl)nc(n3)oc3cc(C(=O)OC)cc(oc4nc(Cl)nc(n4)oc4cc(C(=O)OC)cc(oc5nc(Cl)nc(n5)oc(c1)c2OCc1ccccc1)c4OCc1ccccc1)c3OCc1ccccc1. The number of hydrogen-bond acceptors (Lipinski definition) is 24. The van der Waals surface area contributed by atoms with E-state index < -0.39 is 68.8 Å². The van der Waals surface area contributed by atoms with Crippen LogP contribution in [0.1, 0.15) is 47.8 Å². The summed E-state index contributed by atoms with van der Waals surface area (Å²) in [4.78, 5) is 78.3. The molecule has 0 radical (unpaired) electrons. The van der Waals surface area contributed by atoms with E-state index >= 15 is 0 Å². The van der Waals surface area contributed by atoms with Crippen LogP contribution in [0, 0.1) is 0 Å². The van der Waals surface area contributed by atoms with Crippen LogP contribution in [0.15, 0.2) is 154 Å². The summed E-state index contributed by atoms with van der Waals surface area (Å²) in [5, 5.41) is -1.39. The maximum Gasteiger partial charge on any atom is 0.338 e. The van der Waals surface area contributed by atoms with E-state index in [2.05, 4.69) is 44.9 Å². The third-order valence-corrected chi connectivity index (χ3v) is 11.4. The zero-order valence-electron chi connectivity index (χ0n) is 42.0. The molecule has 24 nitrogen and oxygen atoms in total. The van der Waals surface area contributed by atoms with E-state index in [4.69, 9.17) is 89.7 Å². The van der Waals surface area contributed by atoms with Gasteiger partial charge < -0.3 is 54.9 Å². The van der Waals surface area contributed by atoms with E-state index in [9.17, 15) is 14.4 Å². The molecule has 12 bridgehead atoms. The minimum absolute atomic E-state index is 0.112. The zero-order valence-corrected chi connectivity index (χ0v) is 44.3. The first-order chi connectivity index (χ1) is 39.4. The molecule has 408 valence electrons. The molecule has 4 aromatic heterocycles. The molecule has 0 spiro atoms. The monoisotopic (exact) mass is 1160 g/mol. The Morgan fingerprint density at radius 1 is 0.346 bits per heavy atom. The Bertz CT molecular complexity index is 3730. The van der Waals surface area contributed by atoms with Crippen LogP contribution in [-0.4, -0.2) is 84.1 Å². The third kappa shape index (κ3) is 13.4. The number of rotatable bonds is 12. The van der Waals surface area contributed by atoms with Crippen molar-refractivity contribution in [3.05, 3.63) is 177 Å². The average Bonchev–Trinajstić information content (AvgIpc) is 3.59. The number of methoxy groups -OCH3 is 3. The summed E-state index contributed by atoms with van der Waals surface area (Å²) < 4.78 is 72.1. The quantitative estimate of drug-likeness (QED) is 0.0810. The molecule has 0 aliphatic heterocycles. The van der Waals surface area contributed by atoms with Crippen LogP contribution >= 0.6 is 34.8 Å². The number of aromatic nitrogens is 9. The zero-order chi connectivity index (χ0) is 56.4. The summed E-state index contributed by atoms with van der Waals surface area (Å²) in [6, 6.07) is 34.5. The second-order valence-electron chi connectivity index (χ2n) is 16.3. The van der Waals surface area contributed by atoms with Crippen molar-refractivity contribution >= 4 is 121 Å². The highest BCUT2D eigenvalue weighted by Crippen LogP contribution is 2.34. The van der Waals surface area contributed by atoms with Gasteiger partial charge in [-0.1, -0.05) is 91.0 Å². The second-order valence-corrected chi connectivity index (χ2v) is 17.3. The highest BCUT2D eigenvalue weighted by atomic mass is 35.5. The van der Waals surface area contributed by atoms with Crippen molar-refractivity contribution in [3.63, 3.8) is 0 Å². The van der Waals surface area contributed by atoms with Crippen LogP contribution in [0.2, 0.25) is 15.9 Å². The van der Waals surface area contributed by atoms with Crippen molar-refractivity contribution in [2.45, 2.75) is 19.8 Å². The van der Waals surface area contributed by atoms with Gasteiger partial charge in [-0.05, 0) is 87.9 Å². The summed E-state index contributed by atoms with van der Waals surface area (Å²) in [5.41, 5.74) is 0.00846. The van der Waals surface area contributed by atoms with Gasteiger partial charge >= 0.3 is 53.0 Å². The normalized spacial score (nSPS) is 10.9. The largest absolute Gasteiger partial charge is 0.482 e. The van der Waals surface area contributed by atoms with Gasteiger partial charge in [-0.3, -0.25) is 0 Å². The first-order valence-corrected chi connectivity index (χ1v) is 24.6. The van der Waals surface area contributed by atoms with Gasteiger partial charge in [0.1, 0.15) is 19.8 Å². The Balaban J connectivity index is 1.39. The lowest BCUT2D eigenvalue weighted by Gasteiger charge is -2.10. The highest BCUT2D eigenvalue weighted by molar-refractivity contribution is 6.29. The lowest BCUT2D eigenvalue weighted by Crippen LogP contribution is -2.03. The molecule has 6 aromatic carbocycles. The van der Waals surface area contributed by atoms with Crippen LogP contribution in [0.4, 0.5) is 0 Å². The maximum absolute atomic E-state index is 13.4. The highest BCUT2D eigenvalue weighted by Gasteiger charge is 2.21. The fourth-order valence-corrected chi connectivity index (χ4v) is 7.75. The topological polar surface area (TPSA) is 301 Å². The number of fused-ring (bicyclic) bond motifs is 12. The maximum atomic E-state index is 13.4. The molecule has 0 N–H and O–H groups in total. The van der Waals surface area contributed by atoms with E-state index in [-0.39, 0.29) is 87.3 Å². The van der Waals surface area contributed by atoms with Crippen molar-refractivity contribution in [2.75, 3.05) is 21.3 Å². The van der Waals surface area contributed by atoms with Crippen molar-refractivity contribution < 1.29 is 69.3 Å². The van der Waals surface area contributed by atoms with Crippen molar-refractivity contribution in [3.8, 4) is 17.2 Å². The Morgan fingerprint density at radius 3 is 0.753 bits per heavy atom. The predicted molar refractivity (Wildman–Crippen MR) is 286 cm³/mol. The van der Waals surface area contributed by atoms with Gasteiger partial charge in [0, 0.05) is 0 Å². The van der Waals surface area contributed by atoms with E-state index in [1.165, 1.54) is 36.4 Å². The molecular formula is C54H36Cl3N9O15. The van der Waals surface area contributed by atoms with Crippen molar-refractivity contribution in [2.24, 2.45) is 0 Å². The number of halogens is 3. The first kappa shape index (κ1) is 54.2. The molecule has 0 saturated carbocycles. The molecule has 0 saturated heterocycles. The molecule has 0 aliphatic carbocycles. The molecule has 0 amide bonds. The summed E-state index contributed by atoms with van der Waals surface area (Å²) in [6.07, 6.45) is 0. The van der Waals surface area contributed by atoms with Gasteiger partial charge in [0.2, 0.25) is 33.1 Å². The number of hydrogen-bond donors (Lipinski definition) is 0. The van der Waals surface area contributed by atoms with E-state index in [0.717, 1.165) is 21.3 Å².